The number of fused-ring (bicyclic) bond motifs is 3. The van der Waals surface area contributed by atoms with Gasteiger partial charge in [0, 0.05) is 47.8 Å². The number of piperazine rings is 1. The number of benzene rings is 3. The highest BCUT2D eigenvalue weighted by Gasteiger charge is 2.30. The predicted octanol–water partition coefficient (Wildman–Crippen LogP) is 6.90. The average Bonchev–Trinajstić information content (AvgIpc) is 3.22. The molecule has 1 aliphatic carbocycles. The Hall–Kier alpha value is -2.60. The second-order valence-corrected chi connectivity index (χ2v) is 17.2. The zero-order chi connectivity index (χ0) is 26.9. The summed E-state index contributed by atoms with van der Waals surface area (Å²) in [5.74, 6) is 3.51. The van der Waals surface area contributed by atoms with Crippen LogP contribution in [0.5, 0.6) is 0 Å². The van der Waals surface area contributed by atoms with Crippen LogP contribution in [0.15, 0.2) is 60.7 Å². The second-order valence-electron chi connectivity index (χ2n) is 11.3. The van der Waals surface area contributed by atoms with E-state index in [0.29, 0.717) is 19.7 Å². The minimum Gasteiger partial charge on any atom is -0.448 e. The molecule has 6 heteroatoms. The van der Waals surface area contributed by atoms with Crippen LogP contribution < -0.4 is 0 Å². The lowest BCUT2D eigenvalue weighted by atomic mass is 9.98. The van der Waals surface area contributed by atoms with E-state index in [1.54, 1.807) is 0 Å². The molecule has 1 saturated heterocycles. The van der Waals surface area contributed by atoms with Crippen molar-refractivity contribution in [1.82, 2.24) is 9.80 Å². The molecule has 1 aliphatic heterocycles. The third-order valence-electron chi connectivity index (χ3n) is 7.39. The third-order valence-corrected chi connectivity index (χ3v) is 9.39. The Morgan fingerprint density at radius 2 is 1.58 bits per heavy atom. The summed E-state index contributed by atoms with van der Waals surface area (Å²) >= 11 is 2.42. The fourth-order valence-corrected chi connectivity index (χ4v) is 6.45. The molecule has 3 aromatic carbocycles. The van der Waals surface area contributed by atoms with E-state index in [9.17, 15) is 4.79 Å². The van der Waals surface area contributed by atoms with Crippen molar-refractivity contribution >= 4 is 36.8 Å². The summed E-state index contributed by atoms with van der Waals surface area (Å²) in [5.41, 5.74) is 12.2. The lowest BCUT2D eigenvalue weighted by Gasteiger charge is -2.34. The van der Waals surface area contributed by atoms with Crippen molar-refractivity contribution in [2.45, 2.75) is 39.0 Å². The van der Waals surface area contributed by atoms with Gasteiger partial charge in [-0.05, 0) is 75.0 Å². The minimum absolute atomic E-state index is 0.0920. The van der Waals surface area contributed by atoms with Gasteiger partial charge < -0.3 is 9.64 Å². The Kier molecular flexibility index (Phi) is 7.99. The maximum absolute atomic E-state index is 13.0. The van der Waals surface area contributed by atoms with Crippen molar-refractivity contribution in [2.24, 2.45) is 0 Å². The maximum atomic E-state index is 13.0. The smallest absolute Gasteiger partial charge is 0.409 e. The Morgan fingerprint density at radius 3 is 2.18 bits per heavy atom. The van der Waals surface area contributed by atoms with E-state index in [1.165, 1.54) is 37.0 Å². The molecule has 1 amide bonds. The van der Waals surface area contributed by atoms with Crippen LogP contribution in [0.4, 0.5) is 4.79 Å². The minimum atomic E-state index is -1.42. The maximum Gasteiger partial charge on any atom is 0.409 e. The van der Waals surface area contributed by atoms with Gasteiger partial charge in [-0.1, -0.05) is 74.1 Å². The largest absolute Gasteiger partial charge is 0.448 e. The van der Waals surface area contributed by atoms with Gasteiger partial charge in [0.15, 0.2) is 0 Å². The number of halogens is 1. The van der Waals surface area contributed by atoms with Gasteiger partial charge in [0.2, 0.25) is 0 Å². The molecular weight excluding hydrogens is 599 g/mol. The van der Waals surface area contributed by atoms with Crippen LogP contribution in [0.1, 0.15) is 33.7 Å². The highest BCUT2D eigenvalue weighted by molar-refractivity contribution is 14.1. The summed E-state index contributed by atoms with van der Waals surface area (Å²) in [7, 11) is -1.42. The van der Waals surface area contributed by atoms with E-state index in [4.69, 9.17) is 4.74 Å². The van der Waals surface area contributed by atoms with Crippen LogP contribution in [-0.4, -0.2) is 56.8 Å². The molecule has 196 valence electrons. The molecule has 0 bridgehead atoms. The molecule has 1 fully saturated rings. The van der Waals surface area contributed by atoms with Crippen molar-refractivity contribution in [1.29, 1.82) is 0 Å². The SMILES string of the molecule is Cc1c(I)cc(C#C[Si](C)(C)C)cc1CN1CCN(C(=O)OCC2c3ccccc3-c3ccccc32)CC1. The van der Waals surface area contributed by atoms with Crippen LogP contribution in [0.3, 0.4) is 0 Å². The Morgan fingerprint density at radius 1 is 0.974 bits per heavy atom. The summed E-state index contributed by atoms with van der Waals surface area (Å²) < 4.78 is 7.15. The van der Waals surface area contributed by atoms with E-state index in [-0.39, 0.29) is 12.0 Å². The van der Waals surface area contributed by atoms with E-state index in [0.717, 1.165) is 25.2 Å². The number of hydrogen-bond acceptors (Lipinski definition) is 3. The molecule has 1 heterocycles. The topological polar surface area (TPSA) is 32.8 Å². The monoisotopic (exact) mass is 634 g/mol. The number of hydrogen-bond donors (Lipinski definition) is 0. The van der Waals surface area contributed by atoms with Gasteiger partial charge in [-0.15, -0.1) is 5.54 Å². The van der Waals surface area contributed by atoms with Crippen molar-refractivity contribution in [3.8, 4) is 22.6 Å². The number of rotatable bonds is 4. The van der Waals surface area contributed by atoms with E-state index >= 15 is 0 Å². The first kappa shape index (κ1) is 27.0. The van der Waals surface area contributed by atoms with Crippen molar-refractivity contribution in [3.05, 3.63) is 92.1 Å². The molecule has 5 rings (SSSR count). The molecule has 4 nitrogen and oxygen atoms in total. The first-order valence-electron chi connectivity index (χ1n) is 13.3. The Bertz CT molecular complexity index is 1370. The molecular formula is C32H35IN2O2Si. The average molecular weight is 635 g/mol. The molecule has 0 unspecified atom stereocenters. The standard InChI is InChI=1S/C32H35IN2O2Si/c1-23-25(19-24(20-31(23)33)13-18-38(2,3)4)21-34-14-16-35(17-15-34)32(36)37-22-30-28-11-7-5-9-26(28)27-10-6-8-12-29(27)30/h5-12,19-20,30H,14-17,21-22H2,1-4H3. The number of nitrogens with zero attached hydrogens (tertiary/aromatic N) is 2. The number of carbonyl (C=O) groups is 1. The molecule has 0 N–H and O–H groups in total. The van der Waals surface area contributed by atoms with E-state index in [1.807, 2.05) is 4.90 Å². The number of ether oxygens (including phenoxy) is 1. The van der Waals surface area contributed by atoms with Gasteiger partial charge >= 0.3 is 6.09 Å². The zero-order valence-electron chi connectivity index (χ0n) is 22.7. The van der Waals surface area contributed by atoms with Crippen LogP contribution in [-0.2, 0) is 11.3 Å². The van der Waals surface area contributed by atoms with E-state index in [2.05, 4.69) is 126 Å². The molecule has 0 spiro atoms. The van der Waals surface area contributed by atoms with Gasteiger partial charge in [-0.25, -0.2) is 4.79 Å². The Labute approximate surface area is 241 Å². The fourth-order valence-electron chi connectivity index (χ4n) is 5.25. The quantitative estimate of drug-likeness (QED) is 0.178. The molecule has 0 radical (unpaired) electrons. The number of carbonyl (C=O) groups excluding carboxylic acids is 1. The lowest BCUT2D eigenvalue weighted by Crippen LogP contribution is -2.48. The second kappa shape index (κ2) is 11.2. The van der Waals surface area contributed by atoms with Gasteiger partial charge in [0.25, 0.3) is 0 Å². The molecule has 2 aliphatic rings. The molecule has 38 heavy (non-hydrogen) atoms. The van der Waals surface area contributed by atoms with Crippen LogP contribution in [0.25, 0.3) is 11.1 Å². The van der Waals surface area contributed by atoms with Gasteiger partial charge in [0.1, 0.15) is 14.7 Å². The summed E-state index contributed by atoms with van der Waals surface area (Å²) in [6, 6.07) is 21.4. The predicted molar refractivity (Wildman–Crippen MR) is 166 cm³/mol. The van der Waals surface area contributed by atoms with Crippen molar-refractivity contribution in [3.63, 3.8) is 0 Å². The van der Waals surface area contributed by atoms with E-state index < -0.39 is 8.07 Å². The summed E-state index contributed by atoms with van der Waals surface area (Å²) in [5, 5.41) is 0. The summed E-state index contributed by atoms with van der Waals surface area (Å²) in [6.07, 6.45) is -0.208. The van der Waals surface area contributed by atoms with Gasteiger partial charge in [-0.2, -0.15) is 0 Å². The first-order valence-corrected chi connectivity index (χ1v) is 17.9. The summed E-state index contributed by atoms with van der Waals surface area (Å²) in [6.45, 7) is 13.3. The molecule has 0 aromatic heterocycles. The van der Waals surface area contributed by atoms with Crippen LogP contribution >= 0.6 is 22.6 Å². The zero-order valence-corrected chi connectivity index (χ0v) is 25.8. The fraction of sp³-hybridized carbons (Fsp3) is 0.344. The molecule has 0 saturated carbocycles. The third kappa shape index (κ3) is 6.01. The first-order chi connectivity index (χ1) is 18.2. The van der Waals surface area contributed by atoms with Crippen molar-refractivity contribution in [2.75, 3.05) is 32.8 Å². The highest BCUT2D eigenvalue weighted by atomic mass is 127. The van der Waals surface area contributed by atoms with Crippen molar-refractivity contribution < 1.29 is 9.53 Å². The van der Waals surface area contributed by atoms with Crippen LogP contribution in [0, 0.1) is 22.0 Å². The van der Waals surface area contributed by atoms with Gasteiger partial charge in [0.05, 0.1) is 0 Å². The normalized spacial score (nSPS) is 15.4. The molecule has 3 aromatic rings. The van der Waals surface area contributed by atoms with Gasteiger partial charge in [-0.3, -0.25) is 4.90 Å². The summed E-state index contributed by atoms with van der Waals surface area (Å²) in [4.78, 5) is 17.3. The van der Waals surface area contributed by atoms with Crippen LogP contribution in [0.2, 0.25) is 19.6 Å². The number of amides is 1. The Balaban J connectivity index is 1.18. The highest BCUT2D eigenvalue weighted by Crippen LogP contribution is 2.44. The molecule has 0 atom stereocenters. The lowest BCUT2D eigenvalue weighted by molar-refractivity contribution is 0.0728.